The molecular weight excluding hydrogens is 428 g/mol. The van der Waals surface area contributed by atoms with Gasteiger partial charge in [0.15, 0.2) is 6.61 Å². The molecule has 0 N–H and O–H groups in total. The summed E-state index contributed by atoms with van der Waals surface area (Å²) in [5.74, 6) is 0.701. The van der Waals surface area contributed by atoms with E-state index < -0.39 is 0 Å². The Hall–Kier alpha value is -3.32. The minimum absolute atomic E-state index is 0.00112. The standard InChI is InChI=1S/C24H25ClN4O3/c1-17-7-6-8-18(2)23(17)32-16-21(30)28-13-11-27(12-14-28)20-15-26-29(24(31)22(20)25)19-9-4-3-5-10-19/h3-10,15H,11-14,16H2,1-2H3. The van der Waals surface area contributed by atoms with Crippen LogP contribution in [0.4, 0.5) is 5.69 Å². The van der Waals surface area contributed by atoms with E-state index in [0.29, 0.717) is 37.6 Å². The van der Waals surface area contributed by atoms with Gasteiger partial charge in [-0.1, -0.05) is 48.0 Å². The SMILES string of the molecule is Cc1cccc(C)c1OCC(=O)N1CCN(c2cnn(-c3ccccc3)c(=O)c2Cl)CC1. The maximum Gasteiger partial charge on any atom is 0.292 e. The third-order valence-electron chi connectivity index (χ3n) is 5.62. The normalized spacial score (nSPS) is 13.8. The minimum atomic E-state index is -0.365. The number of aromatic nitrogens is 2. The van der Waals surface area contributed by atoms with E-state index in [1.165, 1.54) is 4.68 Å². The Balaban J connectivity index is 1.39. The first-order chi connectivity index (χ1) is 15.5. The average molecular weight is 453 g/mol. The molecule has 8 heteroatoms. The van der Waals surface area contributed by atoms with Crippen molar-refractivity contribution in [2.24, 2.45) is 0 Å². The first-order valence-corrected chi connectivity index (χ1v) is 10.9. The molecule has 2 heterocycles. The number of para-hydroxylation sites is 2. The van der Waals surface area contributed by atoms with Gasteiger partial charge in [-0.05, 0) is 37.1 Å². The second kappa shape index (κ2) is 9.44. The van der Waals surface area contributed by atoms with E-state index in [1.54, 1.807) is 23.2 Å². The Morgan fingerprint density at radius 3 is 2.31 bits per heavy atom. The number of amides is 1. The van der Waals surface area contributed by atoms with E-state index in [0.717, 1.165) is 16.9 Å². The molecule has 0 atom stereocenters. The van der Waals surface area contributed by atoms with Crippen molar-refractivity contribution in [3.8, 4) is 11.4 Å². The van der Waals surface area contributed by atoms with Crippen LogP contribution in [-0.4, -0.2) is 53.4 Å². The smallest absolute Gasteiger partial charge is 0.292 e. The molecule has 32 heavy (non-hydrogen) atoms. The Morgan fingerprint density at radius 2 is 1.66 bits per heavy atom. The maximum absolute atomic E-state index is 12.7. The quantitative estimate of drug-likeness (QED) is 0.594. The summed E-state index contributed by atoms with van der Waals surface area (Å²) in [6, 6.07) is 15.1. The first kappa shape index (κ1) is 21.9. The highest BCUT2D eigenvalue weighted by molar-refractivity contribution is 6.33. The highest BCUT2D eigenvalue weighted by atomic mass is 35.5. The molecule has 1 aliphatic heterocycles. The second-order valence-corrected chi connectivity index (χ2v) is 8.15. The number of hydrogen-bond donors (Lipinski definition) is 0. The van der Waals surface area contributed by atoms with Gasteiger partial charge in [0.05, 0.1) is 17.6 Å². The molecule has 7 nitrogen and oxygen atoms in total. The van der Waals surface area contributed by atoms with Crippen LogP contribution in [0.1, 0.15) is 11.1 Å². The molecule has 1 saturated heterocycles. The molecule has 0 radical (unpaired) electrons. The number of nitrogens with zero attached hydrogens (tertiary/aromatic N) is 4. The van der Waals surface area contributed by atoms with Crippen molar-refractivity contribution in [2.75, 3.05) is 37.7 Å². The fraction of sp³-hybridized carbons (Fsp3) is 0.292. The lowest BCUT2D eigenvalue weighted by Gasteiger charge is -2.36. The van der Waals surface area contributed by atoms with Crippen LogP contribution in [0.25, 0.3) is 5.69 Å². The average Bonchev–Trinajstić information content (AvgIpc) is 2.81. The van der Waals surface area contributed by atoms with E-state index in [-0.39, 0.29) is 23.1 Å². The van der Waals surface area contributed by atoms with Crippen molar-refractivity contribution >= 4 is 23.2 Å². The molecule has 1 aromatic heterocycles. The summed E-state index contributed by atoms with van der Waals surface area (Å²) in [5.41, 5.74) is 2.90. The molecule has 0 aliphatic carbocycles. The van der Waals surface area contributed by atoms with Gasteiger partial charge in [0.2, 0.25) is 0 Å². The predicted octanol–water partition coefficient (Wildman–Crippen LogP) is 3.23. The van der Waals surface area contributed by atoms with Gasteiger partial charge >= 0.3 is 0 Å². The Bertz CT molecular complexity index is 1150. The lowest BCUT2D eigenvalue weighted by atomic mass is 10.1. The number of ether oxygens (including phenoxy) is 1. The molecule has 1 aliphatic rings. The monoisotopic (exact) mass is 452 g/mol. The van der Waals surface area contributed by atoms with Crippen molar-refractivity contribution in [3.05, 3.63) is 81.2 Å². The highest BCUT2D eigenvalue weighted by Gasteiger charge is 2.24. The van der Waals surface area contributed by atoms with Gasteiger partial charge in [0.1, 0.15) is 10.8 Å². The molecule has 0 spiro atoms. The number of benzene rings is 2. The summed E-state index contributed by atoms with van der Waals surface area (Å²) in [4.78, 5) is 29.2. The molecule has 1 fully saturated rings. The van der Waals surface area contributed by atoms with Gasteiger partial charge in [-0.3, -0.25) is 9.59 Å². The van der Waals surface area contributed by atoms with Crippen LogP contribution >= 0.6 is 11.6 Å². The number of aryl methyl sites for hydroxylation is 2. The summed E-state index contributed by atoms with van der Waals surface area (Å²) in [5, 5.41) is 4.42. The number of anilines is 1. The molecule has 0 saturated carbocycles. The predicted molar refractivity (Wildman–Crippen MR) is 125 cm³/mol. The highest BCUT2D eigenvalue weighted by Crippen LogP contribution is 2.24. The van der Waals surface area contributed by atoms with E-state index >= 15 is 0 Å². The lowest BCUT2D eigenvalue weighted by molar-refractivity contribution is -0.133. The van der Waals surface area contributed by atoms with Crippen molar-refractivity contribution in [1.82, 2.24) is 14.7 Å². The van der Waals surface area contributed by atoms with Gasteiger partial charge in [0.25, 0.3) is 11.5 Å². The summed E-state index contributed by atoms with van der Waals surface area (Å²) in [7, 11) is 0. The largest absolute Gasteiger partial charge is 0.483 e. The third-order valence-corrected chi connectivity index (χ3v) is 5.98. The topological polar surface area (TPSA) is 67.7 Å². The number of piperazine rings is 1. The van der Waals surface area contributed by atoms with Crippen LogP contribution in [0.2, 0.25) is 5.02 Å². The van der Waals surface area contributed by atoms with E-state index in [4.69, 9.17) is 16.3 Å². The number of rotatable bonds is 5. The Kier molecular flexibility index (Phi) is 6.46. The summed E-state index contributed by atoms with van der Waals surface area (Å²) in [6.45, 7) is 6.10. The molecule has 0 unspecified atom stereocenters. The van der Waals surface area contributed by atoms with E-state index in [1.807, 2.05) is 55.1 Å². The fourth-order valence-corrected chi connectivity index (χ4v) is 4.09. The Labute approximate surface area is 191 Å². The van der Waals surface area contributed by atoms with Crippen LogP contribution in [0, 0.1) is 13.8 Å². The molecule has 1 amide bonds. The van der Waals surface area contributed by atoms with Crippen molar-refractivity contribution in [1.29, 1.82) is 0 Å². The van der Waals surface area contributed by atoms with Crippen molar-refractivity contribution in [3.63, 3.8) is 0 Å². The van der Waals surface area contributed by atoms with Gasteiger partial charge in [0, 0.05) is 26.2 Å². The molecule has 166 valence electrons. The van der Waals surface area contributed by atoms with Crippen LogP contribution in [0.15, 0.2) is 59.5 Å². The molecule has 3 aromatic rings. The summed E-state index contributed by atoms with van der Waals surface area (Å²) < 4.78 is 7.09. The zero-order chi connectivity index (χ0) is 22.7. The van der Waals surface area contributed by atoms with Gasteiger partial charge in [-0.15, -0.1) is 0 Å². The van der Waals surface area contributed by atoms with Crippen LogP contribution in [-0.2, 0) is 4.79 Å². The van der Waals surface area contributed by atoms with Crippen LogP contribution < -0.4 is 15.2 Å². The van der Waals surface area contributed by atoms with Gasteiger partial charge < -0.3 is 14.5 Å². The van der Waals surface area contributed by atoms with E-state index in [9.17, 15) is 9.59 Å². The zero-order valence-electron chi connectivity index (χ0n) is 18.1. The molecular formula is C24H25ClN4O3. The van der Waals surface area contributed by atoms with Crippen LogP contribution in [0.5, 0.6) is 5.75 Å². The third kappa shape index (κ3) is 4.48. The minimum Gasteiger partial charge on any atom is -0.483 e. The van der Waals surface area contributed by atoms with Gasteiger partial charge in [-0.25, -0.2) is 0 Å². The summed E-state index contributed by atoms with van der Waals surface area (Å²) in [6.07, 6.45) is 1.61. The van der Waals surface area contributed by atoms with Crippen molar-refractivity contribution < 1.29 is 9.53 Å². The van der Waals surface area contributed by atoms with E-state index in [2.05, 4.69) is 5.10 Å². The Morgan fingerprint density at radius 1 is 1.00 bits per heavy atom. The zero-order valence-corrected chi connectivity index (χ0v) is 18.9. The lowest BCUT2D eigenvalue weighted by Crippen LogP contribution is -2.50. The first-order valence-electron chi connectivity index (χ1n) is 10.5. The number of hydrogen-bond acceptors (Lipinski definition) is 5. The molecule has 2 aromatic carbocycles. The second-order valence-electron chi connectivity index (χ2n) is 7.77. The maximum atomic E-state index is 12.7. The van der Waals surface area contributed by atoms with Gasteiger partial charge in [-0.2, -0.15) is 9.78 Å². The van der Waals surface area contributed by atoms with Crippen molar-refractivity contribution in [2.45, 2.75) is 13.8 Å². The molecule has 0 bridgehead atoms. The van der Waals surface area contributed by atoms with Crippen LogP contribution in [0.3, 0.4) is 0 Å². The number of carbonyl (C=O) groups excluding carboxylic acids is 1. The number of carbonyl (C=O) groups is 1. The number of halogens is 1. The fourth-order valence-electron chi connectivity index (χ4n) is 3.85. The molecule has 4 rings (SSSR count). The summed E-state index contributed by atoms with van der Waals surface area (Å²) >= 11 is 6.41.